The van der Waals surface area contributed by atoms with Gasteiger partial charge in [0.25, 0.3) is 0 Å². The highest BCUT2D eigenvalue weighted by Crippen LogP contribution is 2.09. The average molecular weight is 191 g/mol. The SMILES string of the molecule is CCSCc1ncc(CCl)[nH]1. The lowest BCUT2D eigenvalue weighted by Crippen LogP contribution is -1.84. The van der Waals surface area contributed by atoms with Gasteiger partial charge >= 0.3 is 0 Å². The molecule has 0 aromatic carbocycles. The van der Waals surface area contributed by atoms with Crippen LogP contribution in [0.4, 0.5) is 0 Å². The molecule has 1 aromatic heterocycles. The molecule has 0 aliphatic rings. The molecule has 0 saturated heterocycles. The molecule has 0 fully saturated rings. The first kappa shape index (κ1) is 8.94. The number of aromatic amines is 1. The Labute approximate surface area is 75.7 Å². The quantitative estimate of drug-likeness (QED) is 0.739. The monoisotopic (exact) mass is 190 g/mol. The lowest BCUT2D eigenvalue weighted by atomic mass is 10.6. The number of halogens is 1. The maximum absolute atomic E-state index is 5.60. The first-order chi connectivity index (χ1) is 5.36. The van der Waals surface area contributed by atoms with Gasteiger partial charge in [-0.15, -0.1) is 11.6 Å². The number of thioether (sulfide) groups is 1. The van der Waals surface area contributed by atoms with Crippen molar-refractivity contribution in [3.63, 3.8) is 0 Å². The molecular weight excluding hydrogens is 180 g/mol. The van der Waals surface area contributed by atoms with Crippen LogP contribution in [-0.4, -0.2) is 15.7 Å². The van der Waals surface area contributed by atoms with E-state index in [9.17, 15) is 0 Å². The van der Waals surface area contributed by atoms with E-state index < -0.39 is 0 Å². The molecule has 62 valence electrons. The minimum Gasteiger partial charge on any atom is -0.344 e. The number of aromatic nitrogens is 2. The summed E-state index contributed by atoms with van der Waals surface area (Å²) in [6.45, 7) is 2.13. The molecule has 1 rings (SSSR count). The van der Waals surface area contributed by atoms with Gasteiger partial charge in [0, 0.05) is 11.9 Å². The number of H-pyrrole nitrogens is 1. The summed E-state index contributed by atoms with van der Waals surface area (Å²) in [5.41, 5.74) is 0.998. The van der Waals surface area contributed by atoms with Crippen LogP contribution in [0, 0.1) is 0 Å². The number of rotatable bonds is 4. The van der Waals surface area contributed by atoms with E-state index >= 15 is 0 Å². The molecule has 1 heterocycles. The van der Waals surface area contributed by atoms with Gasteiger partial charge in [-0.25, -0.2) is 4.98 Å². The van der Waals surface area contributed by atoms with Crippen molar-refractivity contribution in [1.82, 2.24) is 9.97 Å². The van der Waals surface area contributed by atoms with Crippen LogP contribution in [0.5, 0.6) is 0 Å². The van der Waals surface area contributed by atoms with E-state index in [-0.39, 0.29) is 0 Å². The van der Waals surface area contributed by atoms with Crippen LogP contribution < -0.4 is 0 Å². The summed E-state index contributed by atoms with van der Waals surface area (Å²) in [6, 6.07) is 0. The van der Waals surface area contributed by atoms with Gasteiger partial charge in [-0.2, -0.15) is 11.8 Å². The van der Waals surface area contributed by atoms with Crippen molar-refractivity contribution in [2.75, 3.05) is 5.75 Å². The Morgan fingerprint density at radius 2 is 2.55 bits per heavy atom. The summed E-state index contributed by atoms with van der Waals surface area (Å²) in [6.07, 6.45) is 1.79. The van der Waals surface area contributed by atoms with Crippen molar-refractivity contribution in [3.05, 3.63) is 17.7 Å². The summed E-state index contributed by atoms with van der Waals surface area (Å²) in [7, 11) is 0. The van der Waals surface area contributed by atoms with Gasteiger partial charge in [-0.3, -0.25) is 0 Å². The van der Waals surface area contributed by atoms with E-state index in [1.807, 2.05) is 11.8 Å². The Hall–Kier alpha value is -0.150. The first-order valence-electron chi connectivity index (χ1n) is 3.53. The molecule has 0 aliphatic heterocycles. The van der Waals surface area contributed by atoms with E-state index in [0.717, 1.165) is 23.0 Å². The molecule has 1 N–H and O–H groups in total. The van der Waals surface area contributed by atoms with Crippen LogP contribution in [0.3, 0.4) is 0 Å². The molecule has 1 aromatic rings. The number of alkyl halides is 1. The third-order valence-electron chi connectivity index (χ3n) is 1.27. The largest absolute Gasteiger partial charge is 0.344 e. The summed E-state index contributed by atoms with van der Waals surface area (Å²) >= 11 is 7.44. The van der Waals surface area contributed by atoms with Gasteiger partial charge in [0.05, 0.1) is 11.6 Å². The van der Waals surface area contributed by atoms with Crippen LogP contribution >= 0.6 is 23.4 Å². The van der Waals surface area contributed by atoms with Gasteiger partial charge < -0.3 is 4.98 Å². The zero-order valence-electron chi connectivity index (χ0n) is 6.43. The topological polar surface area (TPSA) is 28.7 Å². The molecule has 0 amide bonds. The molecule has 0 bridgehead atoms. The molecule has 11 heavy (non-hydrogen) atoms. The Balaban J connectivity index is 2.44. The highest BCUT2D eigenvalue weighted by Gasteiger charge is 1.97. The van der Waals surface area contributed by atoms with Crippen molar-refractivity contribution in [2.24, 2.45) is 0 Å². The maximum Gasteiger partial charge on any atom is 0.116 e. The Morgan fingerprint density at radius 1 is 1.73 bits per heavy atom. The van der Waals surface area contributed by atoms with Gasteiger partial charge in [0.1, 0.15) is 5.82 Å². The van der Waals surface area contributed by atoms with Crippen molar-refractivity contribution >= 4 is 23.4 Å². The highest BCUT2D eigenvalue weighted by atomic mass is 35.5. The number of hydrogen-bond donors (Lipinski definition) is 1. The zero-order chi connectivity index (χ0) is 8.10. The first-order valence-corrected chi connectivity index (χ1v) is 5.22. The van der Waals surface area contributed by atoms with Gasteiger partial charge in [-0.1, -0.05) is 6.92 Å². The fourth-order valence-electron chi connectivity index (χ4n) is 0.746. The predicted molar refractivity (Wildman–Crippen MR) is 50.0 cm³/mol. The number of imidazole rings is 1. The van der Waals surface area contributed by atoms with Crippen LogP contribution in [0.2, 0.25) is 0 Å². The smallest absolute Gasteiger partial charge is 0.116 e. The van der Waals surface area contributed by atoms with Crippen molar-refractivity contribution in [3.8, 4) is 0 Å². The minimum absolute atomic E-state index is 0.518. The number of hydrogen-bond acceptors (Lipinski definition) is 2. The van der Waals surface area contributed by atoms with Crippen LogP contribution in [0.1, 0.15) is 18.4 Å². The van der Waals surface area contributed by atoms with E-state index in [0.29, 0.717) is 5.88 Å². The van der Waals surface area contributed by atoms with Crippen molar-refractivity contribution < 1.29 is 0 Å². The van der Waals surface area contributed by atoms with E-state index in [1.165, 1.54) is 0 Å². The van der Waals surface area contributed by atoms with Gasteiger partial charge in [0.2, 0.25) is 0 Å². The third-order valence-corrected chi connectivity index (χ3v) is 2.44. The molecule has 0 aliphatic carbocycles. The summed E-state index contributed by atoms with van der Waals surface area (Å²) < 4.78 is 0. The lowest BCUT2D eigenvalue weighted by Gasteiger charge is -1.92. The second kappa shape index (κ2) is 4.67. The minimum atomic E-state index is 0.518. The normalized spacial score (nSPS) is 10.4. The van der Waals surface area contributed by atoms with Crippen LogP contribution in [-0.2, 0) is 11.6 Å². The summed E-state index contributed by atoms with van der Waals surface area (Å²) in [4.78, 5) is 7.30. The Kier molecular flexibility index (Phi) is 3.80. The Bertz CT molecular complexity index is 212. The molecule has 0 spiro atoms. The third kappa shape index (κ3) is 2.75. The van der Waals surface area contributed by atoms with Crippen molar-refractivity contribution in [2.45, 2.75) is 18.6 Å². The second-order valence-electron chi connectivity index (χ2n) is 2.13. The van der Waals surface area contributed by atoms with E-state index in [1.54, 1.807) is 6.20 Å². The van der Waals surface area contributed by atoms with E-state index in [4.69, 9.17) is 11.6 Å². The van der Waals surface area contributed by atoms with Crippen LogP contribution in [0.25, 0.3) is 0 Å². The highest BCUT2D eigenvalue weighted by molar-refractivity contribution is 7.98. The maximum atomic E-state index is 5.60. The van der Waals surface area contributed by atoms with Crippen LogP contribution in [0.15, 0.2) is 6.20 Å². The van der Waals surface area contributed by atoms with Gasteiger partial charge in [0.15, 0.2) is 0 Å². The molecule has 2 nitrogen and oxygen atoms in total. The molecular formula is C7H11ClN2S. The number of nitrogens with one attached hydrogen (secondary N) is 1. The summed E-state index contributed by atoms with van der Waals surface area (Å²) in [5.74, 6) is 3.61. The number of nitrogens with zero attached hydrogens (tertiary/aromatic N) is 1. The second-order valence-corrected chi connectivity index (χ2v) is 3.67. The molecule has 4 heteroatoms. The fraction of sp³-hybridized carbons (Fsp3) is 0.571. The molecule has 0 atom stereocenters. The molecule has 0 unspecified atom stereocenters. The molecule has 0 radical (unpaired) electrons. The molecule has 0 saturated carbocycles. The summed E-state index contributed by atoms with van der Waals surface area (Å²) in [5, 5.41) is 0. The average Bonchev–Trinajstić information content (AvgIpc) is 2.48. The standard InChI is InChI=1S/C7H11ClN2S/c1-2-11-5-7-9-4-6(3-8)10-7/h4H,2-3,5H2,1H3,(H,9,10). The fourth-order valence-corrected chi connectivity index (χ4v) is 1.43. The Morgan fingerprint density at radius 3 is 3.09 bits per heavy atom. The lowest BCUT2D eigenvalue weighted by molar-refractivity contribution is 1.10. The van der Waals surface area contributed by atoms with E-state index in [2.05, 4.69) is 16.9 Å². The van der Waals surface area contributed by atoms with Gasteiger partial charge in [-0.05, 0) is 5.75 Å². The predicted octanol–water partition coefficient (Wildman–Crippen LogP) is 2.40. The van der Waals surface area contributed by atoms with Crippen molar-refractivity contribution in [1.29, 1.82) is 0 Å². The zero-order valence-corrected chi connectivity index (χ0v) is 8.00.